The number of hydrogen-bond acceptors (Lipinski definition) is 6. The lowest BCUT2D eigenvalue weighted by Gasteiger charge is -2.39. The first-order valence-corrected chi connectivity index (χ1v) is 10.1. The highest BCUT2D eigenvalue weighted by Crippen LogP contribution is 2.38. The Kier molecular flexibility index (Phi) is 5.39. The number of hydrogen-bond donors (Lipinski definition) is 2. The molecule has 0 aliphatic carbocycles. The van der Waals surface area contributed by atoms with Gasteiger partial charge in [0, 0.05) is 19.2 Å². The Morgan fingerprint density at radius 1 is 1.20 bits per heavy atom. The van der Waals surface area contributed by atoms with Crippen molar-refractivity contribution in [1.29, 1.82) is 0 Å². The molecule has 1 aliphatic rings. The Morgan fingerprint density at radius 2 is 1.90 bits per heavy atom. The summed E-state index contributed by atoms with van der Waals surface area (Å²) in [6, 6.07) is 12.9. The molecule has 4 rings (SSSR count). The molecular weight excluding hydrogens is 406 g/mol. The minimum atomic E-state index is -0.826. The third-order valence-electron chi connectivity index (χ3n) is 5.78. The molecule has 0 atom stereocenters. The largest absolute Gasteiger partial charge is 0.495 e. The average molecular weight is 428 g/mol. The van der Waals surface area contributed by atoms with Gasteiger partial charge in [0.05, 0.1) is 28.5 Å². The van der Waals surface area contributed by atoms with E-state index < -0.39 is 11.4 Å². The number of carbonyl (C=O) groups is 1. The van der Waals surface area contributed by atoms with Gasteiger partial charge < -0.3 is 19.8 Å². The third-order valence-corrected chi connectivity index (χ3v) is 6.08. The standard InChI is InChI=1S/C22H22ClN3O4/c1-30-18-12-17-15(11-16(18)23)19(27)25-21(24-17)26-9-7-22(8-10-26,20(28)29)13-14-5-3-2-4-6-14/h2-6,11-12H,7-10,13H2,1H3,(H,28,29)(H,24,25,27). The average Bonchev–Trinajstić information content (AvgIpc) is 2.75. The van der Waals surface area contributed by atoms with Crippen LogP contribution in [0.25, 0.3) is 10.9 Å². The fourth-order valence-corrected chi connectivity index (χ4v) is 4.23. The lowest BCUT2D eigenvalue weighted by atomic mass is 9.74. The van der Waals surface area contributed by atoms with Gasteiger partial charge in [-0.1, -0.05) is 41.9 Å². The van der Waals surface area contributed by atoms with Crippen molar-refractivity contribution in [2.24, 2.45) is 5.41 Å². The molecule has 1 saturated heterocycles. The van der Waals surface area contributed by atoms with Gasteiger partial charge in [-0.2, -0.15) is 4.98 Å². The SMILES string of the molecule is COc1cc2nc(N3CCC(Cc4ccccc4)(C(=O)O)CC3)nc(O)c2cc1Cl. The quantitative estimate of drug-likeness (QED) is 0.637. The molecule has 0 unspecified atom stereocenters. The van der Waals surface area contributed by atoms with Crippen LogP contribution >= 0.6 is 11.6 Å². The van der Waals surface area contributed by atoms with Crippen LogP contribution in [-0.2, 0) is 11.2 Å². The van der Waals surface area contributed by atoms with Gasteiger partial charge in [-0.15, -0.1) is 0 Å². The summed E-state index contributed by atoms with van der Waals surface area (Å²) in [6.07, 6.45) is 1.41. The van der Waals surface area contributed by atoms with E-state index in [9.17, 15) is 15.0 Å². The van der Waals surface area contributed by atoms with Crippen LogP contribution in [0.5, 0.6) is 11.6 Å². The molecule has 0 radical (unpaired) electrons. The van der Waals surface area contributed by atoms with Crippen LogP contribution in [0, 0.1) is 5.41 Å². The predicted molar refractivity (Wildman–Crippen MR) is 114 cm³/mol. The summed E-state index contributed by atoms with van der Waals surface area (Å²) in [4.78, 5) is 22.8. The molecule has 1 fully saturated rings. The van der Waals surface area contributed by atoms with Crippen LogP contribution in [0.2, 0.25) is 5.02 Å². The molecule has 0 bridgehead atoms. The van der Waals surface area contributed by atoms with Crippen molar-refractivity contribution >= 4 is 34.4 Å². The van der Waals surface area contributed by atoms with Crippen molar-refractivity contribution in [1.82, 2.24) is 9.97 Å². The molecule has 156 valence electrons. The van der Waals surface area contributed by atoms with E-state index in [0.717, 1.165) is 5.56 Å². The van der Waals surface area contributed by atoms with Crippen molar-refractivity contribution < 1.29 is 19.7 Å². The molecule has 2 heterocycles. The number of aromatic nitrogens is 2. The normalized spacial score (nSPS) is 15.9. The molecule has 7 nitrogen and oxygen atoms in total. The lowest BCUT2D eigenvalue weighted by Crippen LogP contribution is -2.46. The van der Waals surface area contributed by atoms with Crippen molar-refractivity contribution in [3.8, 4) is 11.6 Å². The first-order chi connectivity index (χ1) is 14.4. The first-order valence-electron chi connectivity index (χ1n) is 9.68. The van der Waals surface area contributed by atoms with E-state index in [1.54, 1.807) is 12.1 Å². The third kappa shape index (κ3) is 3.73. The number of nitrogens with zero attached hydrogens (tertiary/aromatic N) is 3. The first kappa shape index (κ1) is 20.2. The molecule has 2 N–H and O–H groups in total. The van der Waals surface area contributed by atoms with E-state index >= 15 is 0 Å². The van der Waals surface area contributed by atoms with Crippen LogP contribution < -0.4 is 9.64 Å². The zero-order valence-corrected chi connectivity index (χ0v) is 17.3. The van der Waals surface area contributed by atoms with Gasteiger partial charge in [-0.3, -0.25) is 4.79 Å². The highest BCUT2D eigenvalue weighted by Gasteiger charge is 2.42. The highest BCUT2D eigenvalue weighted by atomic mass is 35.5. The van der Waals surface area contributed by atoms with Crippen molar-refractivity contribution in [2.45, 2.75) is 19.3 Å². The summed E-state index contributed by atoms with van der Waals surface area (Å²) in [5.41, 5.74) is 0.697. The summed E-state index contributed by atoms with van der Waals surface area (Å²) < 4.78 is 5.24. The van der Waals surface area contributed by atoms with Crippen LogP contribution in [0.15, 0.2) is 42.5 Å². The van der Waals surface area contributed by atoms with Gasteiger partial charge in [0.25, 0.3) is 0 Å². The maximum Gasteiger partial charge on any atom is 0.310 e. The van der Waals surface area contributed by atoms with E-state index in [2.05, 4.69) is 9.97 Å². The monoisotopic (exact) mass is 427 g/mol. The van der Waals surface area contributed by atoms with Gasteiger partial charge in [0.1, 0.15) is 5.75 Å². The summed E-state index contributed by atoms with van der Waals surface area (Å²) in [7, 11) is 1.51. The number of piperidine rings is 1. The van der Waals surface area contributed by atoms with Crippen LogP contribution in [0.3, 0.4) is 0 Å². The van der Waals surface area contributed by atoms with Crippen LogP contribution in [-0.4, -0.2) is 46.3 Å². The Labute approximate surface area is 178 Å². The van der Waals surface area contributed by atoms with Gasteiger partial charge >= 0.3 is 5.97 Å². The zero-order valence-electron chi connectivity index (χ0n) is 16.5. The maximum absolute atomic E-state index is 12.1. The Hall–Kier alpha value is -3.06. The summed E-state index contributed by atoms with van der Waals surface area (Å²) in [5.74, 6) is -0.130. The van der Waals surface area contributed by atoms with Crippen LogP contribution in [0.4, 0.5) is 5.95 Å². The van der Waals surface area contributed by atoms with E-state index in [1.807, 2.05) is 35.2 Å². The second-order valence-corrected chi connectivity index (χ2v) is 7.99. The summed E-state index contributed by atoms with van der Waals surface area (Å²) in [5, 5.41) is 21.1. The van der Waals surface area contributed by atoms with Gasteiger partial charge in [0.15, 0.2) is 0 Å². The number of aliphatic carboxylic acids is 1. The smallest absolute Gasteiger partial charge is 0.310 e. The van der Waals surface area contributed by atoms with Crippen molar-refractivity contribution in [3.63, 3.8) is 0 Å². The highest BCUT2D eigenvalue weighted by molar-refractivity contribution is 6.32. The molecule has 0 saturated carbocycles. The fraction of sp³-hybridized carbons (Fsp3) is 0.318. The zero-order chi connectivity index (χ0) is 21.3. The number of ether oxygens (including phenoxy) is 1. The summed E-state index contributed by atoms with van der Waals surface area (Å²) >= 11 is 6.13. The van der Waals surface area contributed by atoms with E-state index in [-0.39, 0.29) is 5.88 Å². The van der Waals surface area contributed by atoms with Gasteiger partial charge in [0.2, 0.25) is 11.8 Å². The van der Waals surface area contributed by atoms with E-state index in [0.29, 0.717) is 60.0 Å². The second-order valence-electron chi connectivity index (χ2n) is 7.59. The maximum atomic E-state index is 12.1. The Morgan fingerprint density at radius 3 is 2.53 bits per heavy atom. The molecule has 2 aromatic carbocycles. The molecule has 1 aromatic heterocycles. The number of rotatable bonds is 5. The lowest BCUT2D eigenvalue weighted by molar-refractivity contribution is -0.150. The molecule has 0 spiro atoms. The van der Waals surface area contributed by atoms with E-state index in [1.165, 1.54) is 7.11 Å². The number of halogens is 1. The number of carboxylic acid groups (broad SMARTS) is 1. The topological polar surface area (TPSA) is 95.8 Å². The van der Waals surface area contributed by atoms with Crippen molar-refractivity contribution in [3.05, 3.63) is 53.1 Å². The van der Waals surface area contributed by atoms with E-state index in [4.69, 9.17) is 16.3 Å². The molecule has 30 heavy (non-hydrogen) atoms. The molecule has 1 aliphatic heterocycles. The molecular formula is C22H22ClN3O4. The van der Waals surface area contributed by atoms with Crippen LogP contribution in [0.1, 0.15) is 18.4 Å². The molecule has 8 heteroatoms. The number of benzene rings is 2. The number of methoxy groups -OCH3 is 1. The number of carboxylic acids is 1. The number of anilines is 1. The van der Waals surface area contributed by atoms with Crippen molar-refractivity contribution in [2.75, 3.05) is 25.1 Å². The Balaban J connectivity index is 1.59. The van der Waals surface area contributed by atoms with Gasteiger partial charge in [-0.05, 0) is 30.9 Å². The minimum Gasteiger partial charge on any atom is -0.495 e. The minimum absolute atomic E-state index is 0.168. The number of aromatic hydroxyl groups is 1. The van der Waals surface area contributed by atoms with Gasteiger partial charge in [-0.25, -0.2) is 4.98 Å². The number of fused-ring (bicyclic) bond motifs is 1. The summed E-state index contributed by atoms with van der Waals surface area (Å²) in [6.45, 7) is 0.962. The molecule has 3 aromatic rings. The predicted octanol–water partition coefficient (Wildman–Crippen LogP) is 3.91. The Bertz CT molecular complexity index is 1080. The fourth-order valence-electron chi connectivity index (χ4n) is 3.99. The second kappa shape index (κ2) is 7.99. The molecule has 0 amide bonds.